The quantitative estimate of drug-likeness (QED) is 0.147. The summed E-state index contributed by atoms with van der Waals surface area (Å²) in [7, 11) is 1.15. The van der Waals surface area contributed by atoms with E-state index in [0.717, 1.165) is 32.8 Å². The summed E-state index contributed by atoms with van der Waals surface area (Å²) in [5.74, 6) is -0.812. The van der Waals surface area contributed by atoms with Crippen LogP contribution in [0.3, 0.4) is 0 Å². The lowest BCUT2D eigenvalue weighted by molar-refractivity contribution is -0.730. The third-order valence-electron chi connectivity index (χ3n) is 4.03. The van der Waals surface area contributed by atoms with Gasteiger partial charge in [-0.25, -0.2) is 4.79 Å². The van der Waals surface area contributed by atoms with E-state index in [2.05, 4.69) is 6.92 Å². The molecule has 1 aromatic rings. The molecular formula is C18H24N2O6. The van der Waals surface area contributed by atoms with Crippen LogP contribution in [0.2, 0.25) is 0 Å². The molecule has 0 atom stereocenters. The van der Waals surface area contributed by atoms with E-state index in [1.165, 1.54) is 0 Å². The van der Waals surface area contributed by atoms with E-state index < -0.39 is 22.0 Å². The topological polar surface area (TPSA) is 113 Å². The Morgan fingerprint density at radius 2 is 1.62 bits per heavy atom. The summed E-state index contributed by atoms with van der Waals surface area (Å²) in [4.78, 5) is 33.1. The molecule has 142 valence electrons. The molecule has 0 radical (unpaired) electrons. The van der Waals surface area contributed by atoms with Gasteiger partial charge in [-0.15, -0.1) is 0 Å². The van der Waals surface area contributed by atoms with Crippen molar-refractivity contribution in [2.24, 2.45) is 0 Å². The molecule has 0 aromatic heterocycles. The van der Waals surface area contributed by atoms with Crippen LogP contribution in [0.5, 0.6) is 0 Å². The van der Waals surface area contributed by atoms with Crippen LogP contribution >= 0.6 is 0 Å². The largest absolute Gasteiger partial charge is 0.473 e. The van der Waals surface area contributed by atoms with Gasteiger partial charge >= 0.3 is 12.1 Å². The van der Waals surface area contributed by atoms with Crippen LogP contribution < -0.4 is 0 Å². The molecule has 0 aliphatic carbocycles. The van der Waals surface area contributed by atoms with Crippen LogP contribution in [0, 0.1) is 20.2 Å². The number of carbonyl (C=O) groups excluding carboxylic acids is 1. The SMILES string of the molecule is CCCCCCC/C(=C(\C(=O)OC)c1ccccc1)C([N+](=O)[O-])[N+](=O)[O-]. The van der Waals surface area contributed by atoms with Crippen molar-refractivity contribution in [2.75, 3.05) is 7.11 Å². The van der Waals surface area contributed by atoms with Crippen LogP contribution in [-0.4, -0.2) is 29.1 Å². The molecule has 0 aliphatic heterocycles. The van der Waals surface area contributed by atoms with Gasteiger partial charge in [0.1, 0.15) is 9.85 Å². The standard InChI is InChI=1S/C18H24N2O6/c1-3-4-5-6-10-13-15(17(19(22)23)20(24)25)16(18(21)26-2)14-11-8-7-9-12-14/h7-9,11-12,17H,3-6,10,13H2,1-2H3/b16-15+. The molecule has 0 heterocycles. The fourth-order valence-electron chi connectivity index (χ4n) is 2.77. The van der Waals surface area contributed by atoms with E-state index in [0.29, 0.717) is 12.0 Å². The van der Waals surface area contributed by atoms with Crippen molar-refractivity contribution in [3.63, 3.8) is 0 Å². The van der Waals surface area contributed by atoms with E-state index in [4.69, 9.17) is 4.74 Å². The summed E-state index contributed by atoms with van der Waals surface area (Å²) in [5, 5.41) is 22.7. The number of rotatable bonds is 11. The number of ether oxygens (including phenoxy) is 1. The predicted molar refractivity (Wildman–Crippen MR) is 96.5 cm³/mol. The minimum atomic E-state index is -2.17. The smallest absolute Gasteiger partial charge is 0.465 e. The molecule has 26 heavy (non-hydrogen) atoms. The number of esters is 1. The van der Waals surface area contributed by atoms with Crippen molar-refractivity contribution in [1.29, 1.82) is 0 Å². The molecule has 0 bridgehead atoms. The van der Waals surface area contributed by atoms with Gasteiger partial charge in [0.15, 0.2) is 0 Å². The van der Waals surface area contributed by atoms with Crippen LogP contribution in [0.25, 0.3) is 5.57 Å². The highest BCUT2D eigenvalue weighted by molar-refractivity contribution is 6.17. The van der Waals surface area contributed by atoms with Gasteiger partial charge < -0.3 is 4.74 Å². The molecule has 0 spiro atoms. The second-order valence-corrected chi connectivity index (χ2v) is 5.87. The lowest BCUT2D eigenvalue weighted by Gasteiger charge is -2.13. The Balaban J connectivity index is 3.38. The molecule has 0 fully saturated rings. The van der Waals surface area contributed by atoms with E-state index in [1.807, 2.05) is 0 Å². The molecule has 0 saturated heterocycles. The van der Waals surface area contributed by atoms with Crippen LogP contribution in [-0.2, 0) is 9.53 Å². The van der Waals surface area contributed by atoms with E-state index >= 15 is 0 Å². The first kappa shape index (κ1) is 21.3. The first-order chi connectivity index (χ1) is 12.4. The van der Waals surface area contributed by atoms with Crippen molar-refractivity contribution >= 4 is 11.5 Å². The minimum Gasteiger partial charge on any atom is -0.465 e. The highest BCUT2D eigenvalue weighted by Gasteiger charge is 2.41. The Morgan fingerprint density at radius 3 is 2.12 bits per heavy atom. The third kappa shape index (κ3) is 5.94. The van der Waals surface area contributed by atoms with Gasteiger partial charge in [-0.1, -0.05) is 62.9 Å². The van der Waals surface area contributed by atoms with Gasteiger partial charge in [0.25, 0.3) is 0 Å². The molecule has 0 unspecified atom stereocenters. The van der Waals surface area contributed by atoms with Gasteiger partial charge in [-0.05, 0) is 18.4 Å². The number of unbranched alkanes of at least 4 members (excludes halogenated alkanes) is 4. The summed E-state index contributed by atoms with van der Waals surface area (Å²) >= 11 is 0. The maximum absolute atomic E-state index is 12.3. The molecule has 1 rings (SSSR count). The number of nitro groups is 2. The highest BCUT2D eigenvalue weighted by atomic mass is 16.7. The lowest BCUT2D eigenvalue weighted by Crippen LogP contribution is -2.32. The van der Waals surface area contributed by atoms with Gasteiger partial charge in [-0.3, -0.25) is 20.2 Å². The average Bonchev–Trinajstić information content (AvgIpc) is 2.61. The minimum absolute atomic E-state index is 0.0929. The number of carbonyl (C=O) groups is 1. The number of hydrogen-bond donors (Lipinski definition) is 0. The predicted octanol–water partition coefficient (Wildman–Crippen LogP) is 3.85. The second-order valence-electron chi connectivity index (χ2n) is 5.87. The van der Waals surface area contributed by atoms with E-state index in [-0.39, 0.29) is 17.6 Å². The summed E-state index contributed by atoms with van der Waals surface area (Å²) in [6, 6.07) is 8.21. The molecular weight excluding hydrogens is 340 g/mol. The summed E-state index contributed by atoms with van der Waals surface area (Å²) in [5.41, 5.74) is 0.160. The van der Waals surface area contributed by atoms with Crippen molar-refractivity contribution in [1.82, 2.24) is 0 Å². The monoisotopic (exact) mass is 364 g/mol. The fourth-order valence-corrected chi connectivity index (χ4v) is 2.77. The van der Waals surface area contributed by atoms with Crippen LogP contribution in [0.1, 0.15) is 51.0 Å². The van der Waals surface area contributed by atoms with Gasteiger partial charge in [0.05, 0.1) is 18.3 Å². The molecule has 8 heteroatoms. The molecule has 0 N–H and O–H groups in total. The Bertz CT molecular complexity index is 643. The zero-order valence-electron chi connectivity index (χ0n) is 15.1. The summed E-state index contributed by atoms with van der Waals surface area (Å²) in [6.45, 7) is 2.06. The van der Waals surface area contributed by atoms with Gasteiger partial charge in [-0.2, -0.15) is 0 Å². The second kappa shape index (κ2) is 11.0. The molecule has 8 nitrogen and oxygen atoms in total. The normalized spacial score (nSPS) is 11.8. The highest BCUT2D eigenvalue weighted by Crippen LogP contribution is 2.28. The maximum atomic E-state index is 12.3. The average molecular weight is 364 g/mol. The van der Waals surface area contributed by atoms with Crippen molar-refractivity contribution < 1.29 is 19.4 Å². The Kier molecular flexibility index (Phi) is 8.97. The number of benzene rings is 1. The van der Waals surface area contributed by atoms with Gasteiger partial charge in [0.2, 0.25) is 0 Å². The Labute approximate surface area is 152 Å². The van der Waals surface area contributed by atoms with Crippen molar-refractivity contribution in [2.45, 2.75) is 51.6 Å². The Morgan fingerprint density at radius 1 is 1.04 bits per heavy atom. The van der Waals surface area contributed by atoms with E-state index in [9.17, 15) is 25.0 Å². The number of nitrogens with zero attached hydrogens (tertiary/aromatic N) is 2. The third-order valence-corrected chi connectivity index (χ3v) is 4.03. The Hall–Kier alpha value is -2.77. The zero-order chi connectivity index (χ0) is 19.5. The number of hydrogen-bond acceptors (Lipinski definition) is 6. The van der Waals surface area contributed by atoms with Gasteiger partial charge in [0, 0.05) is 0 Å². The lowest BCUT2D eigenvalue weighted by atomic mass is 9.93. The summed E-state index contributed by atoms with van der Waals surface area (Å²) in [6.07, 6.45) is 2.22. The maximum Gasteiger partial charge on any atom is 0.473 e. The zero-order valence-corrected chi connectivity index (χ0v) is 15.1. The number of methoxy groups -OCH3 is 1. The van der Waals surface area contributed by atoms with Crippen molar-refractivity contribution in [3.05, 3.63) is 61.7 Å². The van der Waals surface area contributed by atoms with Crippen LogP contribution in [0.15, 0.2) is 35.9 Å². The van der Waals surface area contributed by atoms with Crippen LogP contribution in [0.4, 0.5) is 0 Å². The fraction of sp³-hybridized carbons (Fsp3) is 0.500. The van der Waals surface area contributed by atoms with E-state index in [1.54, 1.807) is 30.3 Å². The molecule has 0 aliphatic rings. The molecule has 0 saturated carbocycles. The summed E-state index contributed by atoms with van der Waals surface area (Å²) < 4.78 is 4.76. The molecule has 1 aromatic carbocycles. The van der Waals surface area contributed by atoms with Crippen molar-refractivity contribution in [3.8, 4) is 0 Å². The first-order valence-corrected chi connectivity index (χ1v) is 8.57. The molecule has 0 amide bonds. The first-order valence-electron chi connectivity index (χ1n) is 8.57.